The fourth-order valence-electron chi connectivity index (χ4n) is 3.79. The van der Waals surface area contributed by atoms with E-state index in [9.17, 15) is 0 Å². The maximum Gasteiger partial charge on any atom is 0.119 e. The fourth-order valence-corrected chi connectivity index (χ4v) is 4.35. The third-order valence-corrected chi connectivity index (χ3v) is 5.35. The molecule has 3 atom stereocenters. The number of halogens is 2. The Hall–Kier alpha value is -1.64. The highest BCUT2D eigenvalue weighted by atomic mass is 35.5. The lowest BCUT2D eigenvalue weighted by atomic mass is 9.77. The van der Waals surface area contributed by atoms with E-state index < -0.39 is 0 Å². The first-order valence-corrected chi connectivity index (χ1v) is 8.49. The molecule has 0 radical (unpaired) electrons. The molecule has 0 aromatic heterocycles. The number of hydrogen-bond donors (Lipinski definition) is 1. The lowest BCUT2D eigenvalue weighted by Crippen LogP contribution is -2.29. The van der Waals surface area contributed by atoms with Gasteiger partial charge in [-0.05, 0) is 47.7 Å². The molecule has 1 aliphatic heterocycles. The van der Waals surface area contributed by atoms with Crippen LogP contribution in [-0.4, -0.2) is 7.11 Å². The zero-order chi connectivity index (χ0) is 16.0. The smallest absolute Gasteiger partial charge is 0.119 e. The van der Waals surface area contributed by atoms with Crippen molar-refractivity contribution >= 4 is 28.9 Å². The quantitative estimate of drug-likeness (QED) is 0.691. The van der Waals surface area contributed by atoms with E-state index in [1.54, 1.807) is 13.2 Å². The first-order chi connectivity index (χ1) is 11.2. The highest BCUT2D eigenvalue weighted by Gasteiger charge is 2.38. The van der Waals surface area contributed by atoms with Crippen molar-refractivity contribution in [3.8, 4) is 5.75 Å². The van der Waals surface area contributed by atoms with Gasteiger partial charge in [0, 0.05) is 10.9 Å². The fraction of sp³-hybridized carbons (Fsp3) is 0.263. The summed E-state index contributed by atoms with van der Waals surface area (Å²) in [5.41, 5.74) is 3.41. The Balaban J connectivity index is 1.81. The van der Waals surface area contributed by atoms with Crippen LogP contribution >= 0.6 is 23.2 Å². The second-order valence-corrected chi connectivity index (χ2v) is 6.95. The van der Waals surface area contributed by atoms with E-state index in [0.29, 0.717) is 21.9 Å². The molecule has 0 unspecified atom stereocenters. The number of nitrogens with one attached hydrogen (secondary N) is 1. The SMILES string of the molecule is COc1cccc([C@@H]2Nc3c(Cl)cc(Cl)cc3[C@H]3C=CC[C@@H]32)c1. The Morgan fingerprint density at radius 2 is 2.04 bits per heavy atom. The number of fused-ring (bicyclic) bond motifs is 3. The molecule has 1 heterocycles. The standard InChI is InChI=1S/C19H17Cl2NO/c1-23-13-5-2-4-11(8-13)18-15-7-3-6-14(15)16-9-12(20)10-17(21)19(16)22-18/h2-6,8-10,14-15,18,22H,7H2,1H3/t14-,15-,18-/m0/s1. The number of hydrogen-bond acceptors (Lipinski definition) is 2. The zero-order valence-corrected chi connectivity index (χ0v) is 14.2. The Labute approximate surface area is 146 Å². The van der Waals surface area contributed by atoms with Crippen LogP contribution in [0.15, 0.2) is 48.6 Å². The van der Waals surface area contributed by atoms with Gasteiger partial charge in [0.2, 0.25) is 0 Å². The number of ether oxygens (including phenoxy) is 1. The van der Waals surface area contributed by atoms with Gasteiger partial charge in [-0.3, -0.25) is 0 Å². The average molecular weight is 346 g/mol. The van der Waals surface area contributed by atoms with Gasteiger partial charge in [0.1, 0.15) is 5.75 Å². The molecule has 1 aliphatic carbocycles. The van der Waals surface area contributed by atoms with Crippen molar-refractivity contribution in [3.05, 3.63) is 69.7 Å². The maximum absolute atomic E-state index is 6.45. The minimum absolute atomic E-state index is 0.205. The van der Waals surface area contributed by atoms with E-state index in [1.807, 2.05) is 18.2 Å². The summed E-state index contributed by atoms with van der Waals surface area (Å²) >= 11 is 12.7. The Bertz CT molecular complexity index is 787. The van der Waals surface area contributed by atoms with Gasteiger partial charge in [0.25, 0.3) is 0 Å². The van der Waals surface area contributed by atoms with Crippen molar-refractivity contribution in [1.82, 2.24) is 0 Å². The van der Waals surface area contributed by atoms with Gasteiger partial charge in [0.15, 0.2) is 0 Å². The molecule has 0 amide bonds. The summed E-state index contributed by atoms with van der Waals surface area (Å²) in [5.74, 6) is 1.68. The molecule has 2 aromatic rings. The van der Waals surface area contributed by atoms with Crippen LogP contribution in [0.25, 0.3) is 0 Å². The molecule has 0 saturated heterocycles. The van der Waals surface area contributed by atoms with Crippen LogP contribution in [0.5, 0.6) is 5.75 Å². The minimum atomic E-state index is 0.205. The maximum atomic E-state index is 6.45. The molecule has 0 saturated carbocycles. The number of anilines is 1. The van der Waals surface area contributed by atoms with Gasteiger partial charge < -0.3 is 10.1 Å². The second-order valence-electron chi connectivity index (χ2n) is 6.10. The zero-order valence-electron chi connectivity index (χ0n) is 12.7. The van der Waals surface area contributed by atoms with Crippen LogP contribution in [0.3, 0.4) is 0 Å². The van der Waals surface area contributed by atoms with E-state index in [0.717, 1.165) is 17.9 Å². The first-order valence-electron chi connectivity index (χ1n) is 7.73. The third kappa shape index (κ3) is 2.50. The van der Waals surface area contributed by atoms with Crippen molar-refractivity contribution in [1.29, 1.82) is 0 Å². The average Bonchev–Trinajstić information content (AvgIpc) is 3.04. The molecule has 2 aromatic carbocycles. The number of benzene rings is 2. The molecule has 4 heteroatoms. The van der Waals surface area contributed by atoms with Gasteiger partial charge in [-0.2, -0.15) is 0 Å². The van der Waals surface area contributed by atoms with Crippen LogP contribution in [0.4, 0.5) is 5.69 Å². The lowest BCUT2D eigenvalue weighted by Gasteiger charge is -2.38. The van der Waals surface area contributed by atoms with Crippen molar-refractivity contribution < 1.29 is 4.74 Å². The van der Waals surface area contributed by atoms with Crippen molar-refractivity contribution in [2.75, 3.05) is 12.4 Å². The number of rotatable bonds is 2. The first kappa shape index (κ1) is 14.9. The molecule has 0 spiro atoms. The van der Waals surface area contributed by atoms with E-state index in [2.05, 4.69) is 29.6 Å². The summed E-state index contributed by atoms with van der Waals surface area (Å²) in [6.45, 7) is 0. The van der Waals surface area contributed by atoms with Gasteiger partial charge >= 0.3 is 0 Å². The van der Waals surface area contributed by atoms with E-state index in [-0.39, 0.29) is 6.04 Å². The predicted molar refractivity (Wildman–Crippen MR) is 95.8 cm³/mol. The van der Waals surface area contributed by atoms with Gasteiger partial charge in [-0.15, -0.1) is 0 Å². The van der Waals surface area contributed by atoms with Crippen LogP contribution in [0.1, 0.15) is 29.5 Å². The molecule has 2 aliphatic rings. The Morgan fingerprint density at radius 1 is 1.17 bits per heavy atom. The van der Waals surface area contributed by atoms with Gasteiger partial charge in [-0.25, -0.2) is 0 Å². The molecule has 4 rings (SSSR count). The molecule has 1 N–H and O–H groups in total. The molecular weight excluding hydrogens is 329 g/mol. The molecule has 0 bridgehead atoms. The monoisotopic (exact) mass is 345 g/mol. The summed E-state index contributed by atoms with van der Waals surface area (Å²) in [4.78, 5) is 0. The summed E-state index contributed by atoms with van der Waals surface area (Å²) in [6.07, 6.45) is 5.58. The topological polar surface area (TPSA) is 21.3 Å². The van der Waals surface area contributed by atoms with Gasteiger partial charge in [0.05, 0.1) is 23.9 Å². The molecule has 23 heavy (non-hydrogen) atoms. The van der Waals surface area contributed by atoms with E-state index >= 15 is 0 Å². The van der Waals surface area contributed by atoms with Crippen LogP contribution in [0.2, 0.25) is 10.0 Å². The summed E-state index contributed by atoms with van der Waals surface area (Å²) in [5, 5.41) is 5.01. The van der Waals surface area contributed by atoms with Crippen LogP contribution in [-0.2, 0) is 0 Å². The normalized spacial score (nSPS) is 24.7. The van der Waals surface area contributed by atoms with Crippen molar-refractivity contribution in [3.63, 3.8) is 0 Å². The van der Waals surface area contributed by atoms with Crippen molar-refractivity contribution in [2.24, 2.45) is 5.92 Å². The minimum Gasteiger partial charge on any atom is -0.497 e. The molecule has 118 valence electrons. The largest absolute Gasteiger partial charge is 0.497 e. The third-order valence-electron chi connectivity index (χ3n) is 4.84. The van der Waals surface area contributed by atoms with E-state index in [1.165, 1.54) is 11.1 Å². The van der Waals surface area contributed by atoms with Gasteiger partial charge in [-0.1, -0.05) is 47.5 Å². The molecular formula is C19H17Cl2NO. The number of allylic oxidation sites excluding steroid dienone is 2. The van der Waals surface area contributed by atoms with Crippen molar-refractivity contribution in [2.45, 2.75) is 18.4 Å². The Morgan fingerprint density at radius 3 is 2.87 bits per heavy atom. The highest BCUT2D eigenvalue weighted by molar-refractivity contribution is 6.36. The summed E-state index contributed by atoms with van der Waals surface area (Å²) in [7, 11) is 1.70. The highest BCUT2D eigenvalue weighted by Crippen LogP contribution is 2.52. The summed E-state index contributed by atoms with van der Waals surface area (Å²) < 4.78 is 5.38. The Kier molecular flexibility index (Phi) is 3.74. The lowest BCUT2D eigenvalue weighted by molar-refractivity contribution is 0.406. The molecule has 2 nitrogen and oxygen atoms in total. The predicted octanol–water partition coefficient (Wildman–Crippen LogP) is 5.83. The summed E-state index contributed by atoms with van der Waals surface area (Å²) in [6, 6.07) is 12.3. The van der Waals surface area contributed by atoms with Crippen LogP contribution < -0.4 is 10.1 Å². The van der Waals surface area contributed by atoms with Crippen LogP contribution in [0, 0.1) is 5.92 Å². The number of methoxy groups -OCH3 is 1. The second kappa shape index (κ2) is 5.77. The van der Waals surface area contributed by atoms with E-state index in [4.69, 9.17) is 27.9 Å². The molecule has 0 fully saturated rings.